The highest BCUT2D eigenvalue weighted by molar-refractivity contribution is 4.65. The van der Waals surface area contributed by atoms with Crippen LogP contribution in [-0.4, -0.2) is 51.1 Å². The lowest BCUT2D eigenvalue weighted by Crippen LogP contribution is -2.37. The summed E-state index contributed by atoms with van der Waals surface area (Å²) in [5.41, 5.74) is 5.43. The van der Waals surface area contributed by atoms with Gasteiger partial charge in [-0.05, 0) is 13.5 Å². The quantitative estimate of drug-likeness (QED) is 0.632. The second-order valence-corrected chi connectivity index (χ2v) is 3.15. The van der Waals surface area contributed by atoms with Crippen molar-refractivity contribution in [1.82, 2.24) is 4.90 Å². The van der Waals surface area contributed by atoms with Gasteiger partial charge in [-0.15, -0.1) is 0 Å². The Morgan fingerprint density at radius 1 is 1.58 bits per heavy atom. The summed E-state index contributed by atoms with van der Waals surface area (Å²) < 4.78 is 10.5. The van der Waals surface area contributed by atoms with Crippen LogP contribution in [0.1, 0.15) is 6.42 Å². The Bertz CT molecular complexity index is 116. The van der Waals surface area contributed by atoms with Crippen molar-refractivity contribution in [3.63, 3.8) is 0 Å². The molecule has 0 amide bonds. The van der Waals surface area contributed by atoms with Crippen LogP contribution in [0.4, 0.5) is 0 Å². The van der Waals surface area contributed by atoms with E-state index in [1.165, 1.54) is 0 Å². The Hall–Kier alpha value is -0.160. The molecule has 2 N–H and O–H groups in total. The van der Waals surface area contributed by atoms with E-state index in [9.17, 15) is 0 Å². The molecule has 1 fully saturated rings. The molecule has 0 bridgehead atoms. The average Bonchev–Trinajstić information content (AvgIpc) is 2.06. The van der Waals surface area contributed by atoms with E-state index in [2.05, 4.69) is 11.9 Å². The molecule has 72 valence electrons. The molecule has 1 heterocycles. The van der Waals surface area contributed by atoms with Crippen molar-refractivity contribution in [2.24, 2.45) is 5.73 Å². The van der Waals surface area contributed by atoms with Gasteiger partial charge in [0, 0.05) is 19.6 Å². The number of rotatable bonds is 4. The van der Waals surface area contributed by atoms with E-state index in [1.807, 2.05) is 0 Å². The zero-order valence-electron chi connectivity index (χ0n) is 7.66. The summed E-state index contributed by atoms with van der Waals surface area (Å²) in [6.45, 7) is 3.86. The molecule has 1 aliphatic heterocycles. The number of nitrogens with zero attached hydrogens (tertiary/aromatic N) is 1. The monoisotopic (exact) mass is 174 g/mol. The Morgan fingerprint density at radius 2 is 2.42 bits per heavy atom. The number of ether oxygens (including phenoxy) is 2. The number of nitrogens with two attached hydrogens (primary N) is 1. The first-order valence-electron chi connectivity index (χ1n) is 4.41. The second kappa shape index (κ2) is 5.48. The van der Waals surface area contributed by atoms with Gasteiger partial charge in [-0.2, -0.15) is 0 Å². The maximum Gasteiger partial charge on any atom is 0.147 e. The van der Waals surface area contributed by atoms with Gasteiger partial charge < -0.3 is 20.1 Å². The summed E-state index contributed by atoms with van der Waals surface area (Å²) in [5.74, 6) is 0. The molecule has 1 rings (SSSR count). The summed E-state index contributed by atoms with van der Waals surface area (Å²) in [7, 11) is 2.06. The Balaban J connectivity index is 2.11. The van der Waals surface area contributed by atoms with Gasteiger partial charge >= 0.3 is 0 Å². The van der Waals surface area contributed by atoms with E-state index in [1.54, 1.807) is 0 Å². The largest absolute Gasteiger partial charge is 0.355 e. The minimum absolute atomic E-state index is 0.329. The van der Waals surface area contributed by atoms with Gasteiger partial charge in [-0.25, -0.2) is 0 Å². The van der Waals surface area contributed by atoms with Crippen LogP contribution in [0.3, 0.4) is 0 Å². The molecule has 0 aromatic rings. The Morgan fingerprint density at radius 3 is 3.00 bits per heavy atom. The fourth-order valence-corrected chi connectivity index (χ4v) is 1.30. The molecule has 0 radical (unpaired) electrons. The molecule has 0 spiro atoms. The SMILES string of the molecule is CN(CCN)CC1CCOCO1. The van der Waals surface area contributed by atoms with Gasteiger partial charge in [0.15, 0.2) is 0 Å². The van der Waals surface area contributed by atoms with Crippen LogP contribution in [0, 0.1) is 0 Å². The first-order valence-corrected chi connectivity index (χ1v) is 4.41. The van der Waals surface area contributed by atoms with E-state index in [4.69, 9.17) is 15.2 Å². The molecule has 0 aliphatic carbocycles. The smallest absolute Gasteiger partial charge is 0.147 e. The molecule has 1 atom stereocenters. The van der Waals surface area contributed by atoms with Crippen molar-refractivity contribution >= 4 is 0 Å². The molecule has 4 nitrogen and oxygen atoms in total. The zero-order chi connectivity index (χ0) is 8.81. The lowest BCUT2D eigenvalue weighted by atomic mass is 10.2. The van der Waals surface area contributed by atoms with Crippen molar-refractivity contribution in [2.45, 2.75) is 12.5 Å². The Kier molecular flexibility index (Phi) is 4.53. The average molecular weight is 174 g/mol. The van der Waals surface area contributed by atoms with Gasteiger partial charge in [0.2, 0.25) is 0 Å². The van der Waals surface area contributed by atoms with Crippen LogP contribution in [0.5, 0.6) is 0 Å². The maximum atomic E-state index is 5.43. The van der Waals surface area contributed by atoms with Crippen LogP contribution in [-0.2, 0) is 9.47 Å². The third kappa shape index (κ3) is 3.49. The maximum absolute atomic E-state index is 5.43. The van der Waals surface area contributed by atoms with Crippen LogP contribution >= 0.6 is 0 Å². The third-order valence-electron chi connectivity index (χ3n) is 2.00. The molecule has 0 aromatic carbocycles. The zero-order valence-corrected chi connectivity index (χ0v) is 7.66. The fraction of sp³-hybridized carbons (Fsp3) is 1.00. The van der Waals surface area contributed by atoms with Gasteiger partial charge in [0.1, 0.15) is 6.79 Å². The second-order valence-electron chi connectivity index (χ2n) is 3.15. The van der Waals surface area contributed by atoms with Crippen LogP contribution in [0.15, 0.2) is 0 Å². The Labute approximate surface area is 73.6 Å². The van der Waals surface area contributed by atoms with E-state index in [-0.39, 0.29) is 0 Å². The first-order chi connectivity index (χ1) is 5.83. The highest BCUT2D eigenvalue weighted by Crippen LogP contribution is 2.06. The topological polar surface area (TPSA) is 47.7 Å². The molecule has 1 aliphatic rings. The van der Waals surface area contributed by atoms with Crippen molar-refractivity contribution in [3.8, 4) is 0 Å². The number of hydrogen-bond acceptors (Lipinski definition) is 4. The summed E-state index contributed by atoms with van der Waals surface area (Å²) in [6, 6.07) is 0. The molecule has 4 heteroatoms. The summed E-state index contributed by atoms with van der Waals surface area (Å²) >= 11 is 0. The third-order valence-corrected chi connectivity index (χ3v) is 2.00. The molecular formula is C8H18N2O2. The molecule has 1 unspecified atom stereocenters. The van der Waals surface area contributed by atoms with Gasteiger partial charge in [-0.3, -0.25) is 0 Å². The number of likely N-dealkylation sites (N-methyl/N-ethyl adjacent to an activating group) is 1. The van der Waals surface area contributed by atoms with Crippen molar-refractivity contribution in [2.75, 3.05) is 40.1 Å². The van der Waals surface area contributed by atoms with Crippen molar-refractivity contribution < 1.29 is 9.47 Å². The van der Waals surface area contributed by atoms with Crippen molar-refractivity contribution in [3.05, 3.63) is 0 Å². The van der Waals surface area contributed by atoms with Crippen molar-refractivity contribution in [1.29, 1.82) is 0 Å². The molecule has 12 heavy (non-hydrogen) atoms. The first kappa shape index (κ1) is 9.92. The fourth-order valence-electron chi connectivity index (χ4n) is 1.30. The van der Waals surface area contributed by atoms with E-state index in [0.29, 0.717) is 19.4 Å². The predicted molar refractivity (Wildman–Crippen MR) is 46.9 cm³/mol. The van der Waals surface area contributed by atoms with E-state index >= 15 is 0 Å². The summed E-state index contributed by atoms with van der Waals surface area (Å²) in [6.07, 6.45) is 1.32. The standard InChI is InChI=1S/C8H18N2O2/c1-10(4-3-9)6-8-2-5-11-7-12-8/h8H,2-7,9H2,1H3. The van der Waals surface area contributed by atoms with Gasteiger partial charge in [0.25, 0.3) is 0 Å². The molecule has 0 aromatic heterocycles. The lowest BCUT2D eigenvalue weighted by molar-refractivity contribution is -0.143. The van der Waals surface area contributed by atoms with Gasteiger partial charge in [-0.1, -0.05) is 0 Å². The normalized spacial score (nSPS) is 24.8. The summed E-state index contributed by atoms with van der Waals surface area (Å²) in [5, 5.41) is 0. The van der Waals surface area contributed by atoms with Gasteiger partial charge in [0.05, 0.1) is 12.7 Å². The van der Waals surface area contributed by atoms with E-state index in [0.717, 1.165) is 26.1 Å². The van der Waals surface area contributed by atoms with E-state index < -0.39 is 0 Å². The predicted octanol–water partition coefficient (Wildman–Crippen LogP) is -0.360. The molecule has 1 saturated heterocycles. The highest BCUT2D eigenvalue weighted by Gasteiger charge is 2.15. The number of hydrogen-bond donors (Lipinski definition) is 1. The van der Waals surface area contributed by atoms with Crippen LogP contribution in [0.2, 0.25) is 0 Å². The van der Waals surface area contributed by atoms with Crippen LogP contribution < -0.4 is 5.73 Å². The van der Waals surface area contributed by atoms with Crippen LogP contribution in [0.25, 0.3) is 0 Å². The molecule has 0 saturated carbocycles. The highest BCUT2D eigenvalue weighted by atomic mass is 16.7. The molecular weight excluding hydrogens is 156 g/mol. The minimum atomic E-state index is 0.329. The summed E-state index contributed by atoms with van der Waals surface area (Å²) in [4.78, 5) is 2.19. The minimum Gasteiger partial charge on any atom is -0.355 e. The lowest BCUT2D eigenvalue weighted by Gasteiger charge is -2.26.